The van der Waals surface area contributed by atoms with E-state index in [1.165, 1.54) is 0 Å². The van der Waals surface area contributed by atoms with Gasteiger partial charge in [-0.25, -0.2) is 0 Å². The minimum Gasteiger partial charge on any atom is -0.394 e. The van der Waals surface area contributed by atoms with E-state index in [-0.39, 0.29) is 25.6 Å². The molecule has 0 saturated heterocycles. The maximum absolute atomic E-state index is 10.8. The van der Waals surface area contributed by atoms with Gasteiger partial charge in [0.1, 0.15) is 0 Å². The van der Waals surface area contributed by atoms with Crippen molar-refractivity contribution in [1.29, 1.82) is 0 Å². The minimum absolute atomic E-state index is 0.109. The van der Waals surface area contributed by atoms with E-state index >= 15 is 0 Å². The third kappa shape index (κ3) is 6.09. The standard InChI is InChI=1S/C7H16N2O3/c1-2-9-7(12)4-8-3-6(11)5-10/h6,8,10-11H,2-5H2,1H3,(H,9,12). The van der Waals surface area contributed by atoms with Crippen molar-refractivity contribution in [2.45, 2.75) is 13.0 Å². The van der Waals surface area contributed by atoms with Crippen LogP contribution in [0.2, 0.25) is 0 Å². The lowest BCUT2D eigenvalue weighted by Gasteiger charge is -2.08. The fraction of sp³-hybridized carbons (Fsp3) is 0.857. The second kappa shape index (κ2) is 7.02. The Morgan fingerprint density at radius 3 is 2.75 bits per heavy atom. The lowest BCUT2D eigenvalue weighted by molar-refractivity contribution is -0.120. The third-order valence-corrected chi connectivity index (χ3v) is 1.25. The van der Waals surface area contributed by atoms with Crippen LogP contribution in [0.1, 0.15) is 6.92 Å². The van der Waals surface area contributed by atoms with Crippen LogP contribution in [0.5, 0.6) is 0 Å². The molecule has 0 aliphatic rings. The van der Waals surface area contributed by atoms with E-state index in [2.05, 4.69) is 10.6 Å². The molecule has 0 aromatic carbocycles. The van der Waals surface area contributed by atoms with Crippen LogP contribution in [0.4, 0.5) is 0 Å². The average Bonchev–Trinajstić information content (AvgIpc) is 2.04. The first kappa shape index (κ1) is 11.4. The zero-order valence-electron chi connectivity index (χ0n) is 7.21. The van der Waals surface area contributed by atoms with Crippen molar-refractivity contribution in [3.05, 3.63) is 0 Å². The number of likely N-dealkylation sites (N-methyl/N-ethyl adjacent to an activating group) is 1. The Balaban J connectivity index is 3.24. The smallest absolute Gasteiger partial charge is 0.233 e. The summed E-state index contributed by atoms with van der Waals surface area (Å²) in [6.45, 7) is 2.55. The molecule has 12 heavy (non-hydrogen) atoms. The summed E-state index contributed by atoms with van der Waals surface area (Å²) in [5.41, 5.74) is 0. The summed E-state index contributed by atoms with van der Waals surface area (Å²) in [5, 5.41) is 22.6. The van der Waals surface area contributed by atoms with Crippen molar-refractivity contribution in [3.8, 4) is 0 Å². The van der Waals surface area contributed by atoms with E-state index in [1.54, 1.807) is 0 Å². The number of aliphatic hydroxyl groups is 2. The molecule has 72 valence electrons. The van der Waals surface area contributed by atoms with Gasteiger partial charge in [0.2, 0.25) is 5.91 Å². The van der Waals surface area contributed by atoms with Gasteiger partial charge in [0.25, 0.3) is 0 Å². The molecule has 0 aliphatic carbocycles. The first-order valence-electron chi connectivity index (χ1n) is 3.97. The second-order valence-corrected chi connectivity index (χ2v) is 2.42. The molecule has 5 nitrogen and oxygen atoms in total. The van der Waals surface area contributed by atoms with Crippen LogP contribution < -0.4 is 10.6 Å². The van der Waals surface area contributed by atoms with E-state index in [1.807, 2.05) is 6.92 Å². The van der Waals surface area contributed by atoms with Crippen molar-refractivity contribution >= 4 is 5.91 Å². The molecular formula is C7H16N2O3. The van der Waals surface area contributed by atoms with Gasteiger partial charge in [-0.1, -0.05) is 0 Å². The van der Waals surface area contributed by atoms with Crippen molar-refractivity contribution < 1.29 is 15.0 Å². The highest BCUT2D eigenvalue weighted by Gasteiger charge is 2.02. The molecule has 0 saturated carbocycles. The summed E-state index contributed by atoms with van der Waals surface area (Å²) in [6.07, 6.45) is -0.792. The molecule has 0 radical (unpaired) electrons. The Hall–Kier alpha value is -0.650. The minimum atomic E-state index is -0.792. The Morgan fingerprint density at radius 2 is 2.25 bits per heavy atom. The van der Waals surface area contributed by atoms with Gasteiger partial charge in [0.05, 0.1) is 19.3 Å². The van der Waals surface area contributed by atoms with Gasteiger partial charge in [-0.15, -0.1) is 0 Å². The highest BCUT2D eigenvalue weighted by molar-refractivity contribution is 5.77. The first-order chi connectivity index (χ1) is 5.70. The zero-order chi connectivity index (χ0) is 9.40. The number of hydrogen-bond donors (Lipinski definition) is 4. The SMILES string of the molecule is CCNC(=O)CNCC(O)CO. The Kier molecular flexibility index (Phi) is 6.64. The molecule has 0 heterocycles. The van der Waals surface area contributed by atoms with Crippen LogP contribution in [0.15, 0.2) is 0 Å². The lowest BCUT2D eigenvalue weighted by atomic mass is 10.4. The van der Waals surface area contributed by atoms with Crippen molar-refractivity contribution in [3.63, 3.8) is 0 Å². The van der Waals surface area contributed by atoms with Crippen LogP contribution in [-0.4, -0.2) is 48.5 Å². The van der Waals surface area contributed by atoms with Crippen molar-refractivity contribution in [1.82, 2.24) is 10.6 Å². The van der Waals surface area contributed by atoms with Gasteiger partial charge in [0.15, 0.2) is 0 Å². The number of aliphatic hydroxyl groups excluding tert-OH is 2. The molecule has 4 N–H and O–H groups in total. The Labute approximate surface area is 71.8 Å². The molecule has 0 bridgehead atoms. The number of amides is 1. The third-order valence-electron chi connectivity index (χ3n) is 1.25. The van der Waals surface area contributed by atoms with Gasteiger partial charge < -0.3 is 20.8 Å². The number of carbonyl (C=O) groups excluding carboxylic acids is 1. The van der Waals surface area contributed by atoms with Gasteiger partial charge in [-0.05, 0) is 6.92 Å². The normalized spacial score (nSPS) is 12.6. The molecule has 1 atom stereocenters. The molecule has 0 aliphatic heterocycles. The fourth-order valence-electron chi connectivity index (χ4n) is 0.677. The maximum Gasteiger partial charge on any atom is 0.233 e. The monoisotopic (exact) mass is 176 g/mol. The molecule has 1 amide bonds. The molecule has 0 rings (SSSR count). The van der Waals surface area contributed by atoms with Crippen LogP contribution in [0.25, 0.3) is 0 Å². The zero-order valence-corrected chi connectivity index (χ0v) is 7.21. The van der Waals surface area contributed by atoms with Crippen LogP contribution in [0.3, 0.4) is 0 Å². The number of nitrogens with one attached hydrogen (secondary N) is 2. The predicted molar refractivity (Wildman–Crippen MR) is 44.6 cm³/mol. The van der Waals surface area contributed by atoms with Gasteiger partial charge in [0, 0.05) is 13.1 Å². The largest absolute Gasteiger partial charge is 0.394 e. The molecule has 0 spiro atoms. The average molecular weight is 176 g/mol. The van der Waals surface area contributed by atoms with E-state index in [0.717, 1.165) is 0 Å². The highest BCUT2D eigenvalue weighted by atomic mass is 16.3. The highest BCUT2D eigenvalue weighted by Crippen LogP contribution is 1.75. The lowest BCUT2D eigenvalue weighted by Crippen LogP contribution is -2.38. The Bertz CT molecular complexity index is 130. The van der Waals surface area contributed by atoms with E-state index in [0.29, 0.717) is 6.54 Å². The summed E-state index contributed by atoms with van der Waals surface area (Å²) in [4.78, 5) is 10.8. The summed E-state index contributed by atoms with van der Waals surface area (Å²) in [6, 6.07) is 0. The molecular weight excluding hydrogens is 160 g/mol. The van der Waals surface area contributed by atoms with Crippen molar-refractivity contribution in [2.75, 3.05) is 26.2 Å². The first-order valence-corrected chi connectivity index (χ1v) is 3.97. The molecule has 0 fully saturated rings. The van der Waals surface area contributed by atoms with Crippen LogP contribution in [0, 0.1) is 0 Å². The summed E-state index contributed by atoms with van der Waals surface area (Å²) >= 11 is 0. The summed E-state index contributed by atoms with van der Waals surface area (Å²) < 4.78 is 0. The Morgan fingerprint density at radius 1 is 1.58 bits per heavy atom. The fourth-order valence-corrected chi connectivity index (χ4v) is 0.677. The second-order valence-electron chi connectivity index (χ2n) is 2.42. The number of carbonyl (C=O) groups is 1. The van der Waals surface area contributed by atoms with Gasteiger partial charge in [-0.3, -0.25) is 4.79 Å². The quantitative estimate of drug-likeness (QED) is 0.380. The van der Waals surface area contributed by atoms with Crippen LogP contribution in [-0.2, 0) is 4.79 Å². The van der Waals surface area contributed by atoms with Gasteiger partial charge >= 0.3 is 0 Å². The van der Waals surface area contributed by atoms with Gasteiger partial charge in [-0.2, -0.15) is 0 Å². The van der Waals surface area contributed by atoms with E-state index in [9.17, 15) is 4.79 Å². The van der Waals surface area contributed by atoms with E-state index < -0.39 is 6.10 Å². The predicted octanol–water partition coefficient (Wildman–Crippen LogP) is -1.93. The summed E-state index contributed by atoms with van der Waals surface area (Å²) in [5.74, 6) is -0.109. The molecule has 0 aromatic rings. The summed E-state index contributed by atoms with van der Waals surface area (Å²) in [7, 11) is 0. The molecule has 1 unspecified atom stereocenters. The number of rotatable bonds is 6. The maximum atomic E-state index is 10.8. The van der Waals surface area contributed by atoms with Crippen LogP contribution >= 0.6 is 0 Å². The number of hydrogen-bond acceptors (Lipinski definition) is 4. The van der Waals surface area contributed by atoms with Crippen molar-refractivity contribution in [2.24, 2.45) is 0 Å². The molecule has 5 heteroatoms. The molecule has 0 aromatic heterocycles. The topological polar surface area (TPSA) is 81.6 Å². The van der Waals surface area contributed by atoms with E-state index in [4.69, 9.17) is 10.2 Å².